The zero-order valence-electron chi connectivity index (χ0n) is 15.7. The zero-order chi connectivity index (χ0) is 18.8. The maximum absolute atomic E-state index is 12.7. The predicted octanol–water partition coefficient (Wildman–Crippen LogP) is 2.19. The summed E-state index contributed by atoms with van der Waals surface area (Å²) >= 11 is 0. The molecule has 4 rings (SSSR count). The van der Waals surface area contributed by atoms with Crippen molar-refractivity contribution in [3.63, 3.8) is 0 Å². The molecule has 142 valence electrons. The molecule has 0 unspecified atom stereocenters. The number of carbonyl (C=O) groups is 1. The number of hydrogen-bond donors (Lipinski definition) is 0. The molecule has 3 aromatic heterocycles. The number of aromatic nitrogens is 4. The van der Waals surface area contributed by atoms with Crippen LogP contribution in [0.2, 0.25) is 0 Å². The van der Waals surface area contributed by atoms with Crippen molar-refractivity contribution in [1.29, 1.82) is 0 Å². The van der Waals surface area contributed by atoms with Crippen LogP contribution in [0, 0.1) is 0 Å². The van der Waals surface area contributed by atoms with Crippen LogP contribution in [0.3, 0.4) is 0 Å². The van der Waals surface area contributed by atoms with E-state index in [-0.39, 0.29) is 11.8 Å². The quantitative estimate of drug-likeness (QED) is 0.702. The Kier molecular flexibility index (Phi) is 4.89. The highest BCUT2D eigenvalue weighted by Gasteiger charge is 2.24. The lowest BCUT2D eigenvalue weighted by molar-refractivity contribution is 0.0719. The van der Waals surface area contributed by atoms with Crippen molar-refractivity contribution in [3.8, 4) is 0 Å². The van der Waals surface area contributed by atoms with Gasteiger partial charge in [-0.3, -0.25) is 9.69 Å². The second-order valence-electron chi connectivity index (χ2n) is 7.25. The monoisotopic (exact) mass is 368 g/mol. The molecule has 8 nitrogen and oxygen atoms in total. The average Bonchev–Trinajstić information content (AvgIpc) is 3.25. The van der Waals surface area contributed by atoms with Crippen molar-refractivity contribution >= 4 is 11.6 Å². The van der Waals surface area contributed by atoms with Gasteiger partial charge in [-0.15, -0.1) is 0 Å². The van der Waals surface area contributed by atoms with Crippen molar-refractivity contribution in [1.82, 2.24) is 29.6 Å². The third-order valence-electron chi connectivity index (χ3n) is 4.95. The SMILES string of the molecule is CC(C)c1cc(C(=O)N2CCCN(Cc3cnn4cccnc34)CC2)on1. The van der Waals surface area contributed by atoms with Crippen LogP contribution in [0.25, 0.3) is 5.65 Å². The normalized spacial score (nSPS) is 16.2. The van der Waals surface area contributed by atoms with Gasteiger partial charge < -0.3 is 9.42 Å². The highest BCUT2D eigenvalue weighted by Crippen LogP contribution is 2.17. The first-order chi connectivity index (χ1) is 13.1. The predicted molar refractivity (Wildman–Crippen MR) is 99.4 cm³/mol. The van der Waals surface area contributed by atoms with Gasteiger partial charge in [0.05, 0.1) is 11.9 Å². The average molecular weight is 368 g/mol. The third-order valence-corrected chi connectivity index (χ3v) is 4.95. The Morgan fingerprint density at radius 3 is 2.96 bits per heavy atom. The van der Waals surface area contributed by atoms with E-state index in [0.717, 1.165) is 49.5 Å². The van der Waals surface area contributed by atoms with E-state index in [1.165, 1.54) is 0 Å². The van der Waals surface area contributed by atoms with E-state index < -0.39 is 0 Å². The largest absolute Gasteiger partial charge is 0.351 e. The van der Waals surface area contributed by atoms with Gasteiger partial charge in [-0.2, -0.15) is 5.10 Å². The van der Waals surface area contributed by atoms with Crippen molar-refractivity contribution in [2.75, 3.05) is 26.2 Å². The minimum absolute atomic E-state index is 0.0751. The van der Waals surface area contributed by atoms with Gasteiger partial charge in [0, 0.05) is 56.7 Å². The zero-order valence-corrected chi connectivity index (χ0v) is 15.7. The van der Waals surface area contributed by atoms with Crippen LogP contribution in [-0.2, 0) is 6.54 Å². The summed E-state index contributed by atoms with van der Waals surface area (Å²) in [7, 11) is 0. The second-order valence-corrected chi connectivity index (χ2v) is 7.25. The van der Waals surface area contributed by atoms with Crippen LogP contribution in [0.15, 0.2) is 35.2 Å². The Labute approximate surface area is 157 Å². The number of rotatable bonds is 4. The van der Waals surface area contributed by atoms with Gasteiger partial charge in [-0.05, 0) is 18.4 Å². The van der Waals surface area contributed by atoms with Gasteiger partial charge in [0.2, 0.25) is 5.76 Å². The molecule has 0 radical (unpaired) electrons. The fourth-order valence-corrected chi connectivity index (χ4v) is 3.38. The number of hydrogen-bond acceptors (Lipinski definition) is 6. The van der Waals surface area contributed by atoms with Gasteiger partial charge in [0.25, 0.3) is 5.91 Å². The first kappa shape index (κ1) is 17.7. The van der Waals surface area contributed by atoms with Crippen molar-refractivity contribution in [2.45, 2.75) is 32.7 Å². The lowest BCUT2D eigenvalue weighted by Crippen LogP contribution is -2.34. The van der Waals surface area contributed by atoms with E-state index in [0.29, 0.717) is 12.3 Å². The molecule has 27 heavy (non-hydrogen) atoms. The summed E-state index contributed by atoms with van der Waals surface area (Å²) in [6.07, 6.45) is 6.48. The molecule has 1 amide bonds. The van der Waals surface area contributed by atoms with Crippen molar-refractivity contribution in [2.24, 2.45) is 0 Å². The summed E-state index contributed by atoms with van der Waals surface area (Å²) in [4.78, 5) is 21.4. The molecule has 4 heterocycles. The summed E-state index contributed by atoms with van der Waals surface area (Å²) in [5.74, 6) is 0.502. The van der Waals surface area contributed by atoms with Gasteiger partial charge in [-0.1, -0.05) is 19.0 Å². The maximum atomic E-state index is 12.7. The lowest BCUT2D eigenvalue weighted by Gasteiger charge is -2.20. The van der Waals surface area contributed by atoms with E-state index in [9.17, 15) is 4.79 Å². The molecule has 0 spiro atoms. The summed E-state index contributed by atoms with van der Waals surface area (Å²) in [6.45, 7) is 7.98. The molecule has 0 aliphatic carbocycles. The Morgan fingerprint density at radius 2 is 2.15 bits per heavy atom. The van der Waals surface area contributed by atoms with Gasteiger partial charge >= 0.3 is 0 Å². The number of carbonyl (C=O) groups excluding carboxylic acids is 1. The third kappa shape index (κ3) is 3.71. The highest BCUT2D eigenvalue weighted by atomic mass is 16.5. The molecular weight excluding hydrogens is 344 g/mol. The van der Waals surface area contributed by atoms with E-state index >= 15 is 0 Å². The molecular formula is C19H24N6O2. The van der Waals surface area contributed by atoms with Crippen LogP contribution >= 0.6 is 0 Å². The summed E-state index contributed by atoms with van der Waals surface area (Å²) < 4.78 is 7.06. The number of nitrogens with zero attached hydrogens (tertiary/aromatic N) is 6. The number of amides is 1. The molecule has 1 aliphatic heterocycles. The first-order valence-corrected chi connectivity index (χ1v) is 9.37. The molecule has 0 aromatic carbocycles. The van der Waals surface area contributed by atoms with Crippen molar-refractivity contribution < 1.29 is 9.32 Å². The molecule has 1 saturated heterocycles. The van der Waals surface area contributed by atoms with E-state index in [1.807, 2.05) is 37.2 Å². The highest BCUT2D eigenvalue weighted by molar-refractivity contribution is 5.91. The first-order valence-electron chi connectivity index (χ1n) is 9.37. The van der Waals surface area contributed by atoms with Crippen molar-refractivity contribution in [3.05, 3.63) is 47.7 Å². The molecule has 0 atom stereocenters. The molecule has 1 aliphatic rings. The Hall–Kier alpha value is -2.74. The standard InChI is InChI=1S/C19H24N6O2/c1-14(2)16-11-17(27-22-16)19(26)24-7-4-6-23(9-10-24)13-15-12-21-25-8-3-5-20-18(15)25/h3,5,8,11-12,14H,4,6-7,9-10,13H2,1-2H3. The second kappa shape index (κ2) is 7.48. The van der Waals surface area contributed by atoms with E-state index in [2.05, 4.69) is 20.1 Å². The van der Waals surface area contributed by atoms with E-state index in [1.54, 1.807) is 16.8 Å². The van der Waals surface area contributed by atoms with E-state index in [4.69, 9.17) is 4.52 Å². The Balaban J connectivity index is 1.40. The minimum atomic E-state index is -0.0751. The smallest absolute Gasteiger partial charge is 0.292 e. The summed E-state index contributed by atoms with van der Waals surface area (Å²) in [6, 6.07) is 3.63. The lowest BCUT2D eigenvalue weighted by atomic mass is 10.1. The minimum Gasteiger partial charge on any atom is -0.351 e. The van der Waals surface area contributed by atoms with Crippen LogP contribution in [0.1, 0.15) is 48.0 Å². The summed E-state index contributed by atoms with van der Waals surface area (Å²) in [5.41, 5.74) is 2.81. The molecule has 1 fully saturated rings. The summed E-state index contributed by atoms with van der Waals surface area (Å²) in [5, 5.41) is 8.35. The van der Waals surface area contributed by atoms with Crippen LogP contribution < -0.4 is 0 Å². The van der Waals surface area contributed by atoms with Gasteiger partial charge in [-0.25, -0.2) is 9.50 Å². The maximum Gasteiger partial charge on any atom is 0.292 e. The Morgan fingerprint density at radius 1 is 1.26 bits per heavy atom. The Bertz CT molecular complexity index is 931. The molecule has 3 aromatic rings. The van der Waals surface area contributed by atoms with Crippen LogP contribution in [0.5, 0.6) is 0 Å². The molecule has 0 N–H and O–H groups in total. The molecule has 0 bridgehead atoms. The topological polar surface area (TPSA) is 79.8 Å². The van der Waals surface area contributed by atoms with Gasteiger partial charge in [0.1, 0.15) is 0 Å². The van der Waals surface area contributed by atoms with Crippen LogP contribution in [-0.4, -0.2) is 61.6 Å². The molecule has 0 saturated carbocycles. The van der Waals surface area contributed by atoms with Gasteiger partial charge in [0.15, 0.2) is 5.65 Å². The fourth-order valence-electron chi connectivity index (χ4n) is 3.38. The molecule has 8 heteroatoms. The van der Waals surface area contributed by atoms with Crippen LogP contribution in [0.4, 0.5) is 0 Å². The fraction of sp³-hybridized carbons (Fsp3) is 0.474. The number of fused-ring (bicyclic) bond motifs is 1.